The molecule has 2 aromatic rings. The summed E-state index contributed by atoms with van der Waals surface area (Å²) in [6.45, 7) is 0.603. The minimum Gasteiger partial charge on any atom is -0.345 e. The highest BCUT2D eigenvalue weighted by Crippen LogP contribution is 2.24. The van der Waals surface area contributed by atoms with Crippen LogP contribution in [0.4, 0.5) is 13.2 Å². The van der Waals surface area contributed by atoms with Crippen molar-refractivity contribution in [2.45, 2.75) is 38.3 Å². The third-order valence-corrected chi connectivity index (χ3v) is 3.66. The summed E-state index contributed by atoms with van der Waals surface area (Å²) in [5.74, 6) is 0. The molecule has 0 spiro atoms. The summed E-state index contributed by atoms with van der Waals surface area (Å²) >= 11 is 0. The van der Waals surface area contributed by atoms with Crippen LogP contribution in [0.3, 0.4) is 0 Å². The van der Waals surface area contributed by atoms with Gasteiger partial charge in [0.25, 0.3) is 0 Å². The maximum Gasteiger partial charge on any atom is 0.522 e. The van der Waals surface area contributed by atoms with E-state index >= 15 is 0 Å². The Balaban J connectivity index is 1.70. The van der Waals surface area contributed by atoms with E-state index in [-0.39, 0.29) is 13.2 Å². The SMILES string of the molecule is FC(F)(F)OCCn1ccc2c(CNC3CC3)cccc21. The number of rotatable bonds is 6. The monoisotopic (exact) mass is 298 g/mol. The van der Waals surface area contributed by atoms with Crippen LogP contribution in [-0.4, -0.2) is 23.6 Å². The first-order chi connectivity index (χ1) is 10.0. The molecule has 1 aliphatic carbocycles. The minimum absolute atomic E-state index is 0.183. The zero-order chi connectivity index (χ0) is 14.9. The van der Waals surface area contributed by atoms with Gasteiger partial charge in [-0.05, 0) is 30.5 Å². The van der Waals surface area contributed by atoms with Crippen LogP contribution in [-0.2, 0) is 17.8 Å². The fraction of sp³-hybridized carbons (Fsp3) is 0.467. The summed E-state index contributed by atoms with van der Waals surface area (Å²) in [4.78, 5) is 0. The van der Waals surface area contributed by atoms with E-state index in [1.165, 1.54) is 18.4 Å². The molecule has 6 heteroatoms. The zero-order valence-corrected chi connectivity index (χ0v) is 11.5. The number of alkyl halides is 3. The Labute approximate surface area is 120 Å². The topological polar surface area (TPSA) is 26.2 Å². The molecule has 0 aliphatic heterocycles. The van der Waals surface area contributed by atoms with Gasteiger partial charge in [-0.2, -0.15) is 0 Å². The van der Waals surface area contributed by atoms with Crippen LogP contribution < -0.4 is 5.32 Å². The van der Waals surface area contributed by atoms with Gasteiger partial charge in [0.15, 0.2) is 0 Å². The predicted molar refractivity (Wildman–Crippen MR) is 73.8 cm³/mol. The molecule has 1 aromatic heterocycles. The molecule has 1 N–H and O–H groups in total. The molecular formula is C15H17F3N2O. The van der Waals surface area contributed by atoms with Crippen molar-refractivity contribution >= 4 is 10.9 Å². The fourth-order valence-electron chi connectivity index (χ4n) is 2.44. The average Bonchev–Trinajstić information content (AvgIpc) is 3.16. The van der Waals surface area contributed by atoms with Gasteiger partial charge in [-0.25, -0.2) is 0 Å². The first-order valence-electron chi connectivity index (χ1n) is 7.04. The van der Waals surface area contributed by atoms with Crippen LogP contribution in [0.25, 0.3) is 10.9 Å². The van der Waals surface area contributed by atoms with Crippen LogP contribution in [0.2, 0.25) is 0 Å². The second-order valence-electron chi connectivity index (χ2n) is 5.31. The Kier molecular flexibility index (Phi) is 3.91. The molecule has 0 bridgehead atoms. The van der Waals surface area contributed by atoms with E-state index in [0.29, 0.717) is 6.04 Å². The first kappa shape index (κ1) is 14.4. The van der Waals surface area contributed by atoms with E-state index in [4.69, 9.17) is 0 Å². The van der Waals surface area contributed by atoms with Gasteiger partial charge in [0, 0.05) is 36.2 Å². The maximum absolute atomic E-state index is 12.0. The van der Waals surface area contributed by atoms with Crippen LogP contribution in [0, 0.1) is 0 Å². The van der Waals surface area contributed by atoms with E-state index in [9.17, 15) is 13.2 Å². The lowest BCUT2D eigenvalue weighted by Gasteiger charge is -2.10. The Morgan fingerprint density at radius 3 is 2.76 bits per heavy atom. The molecule has 0 unspecified atom stereocenters. The molecule has 0 amide bonds. The number of nitrogens with zero attached hydrogens (tertiary/aromatic N) is 1. The third-order valence-electron chi connectivity index (χ3n) is 3.66. The second kappa shape index (κ2) is 5.69. The van der Waals surface area contributed by atoms with Crippen molar-refractivity contribution < 1.29 is 17.9 Å². The molecule has 3 rings (SSSR count). The molecule has 1 saturated carbocycles. The number of benzene rings is 1. The highest BCUT2D eigenvalue weighted by Gasteiger charge is 2.28. The summed E-state index contributed by atoms with van der Waals surface area (Å²) < 4.78 is 41.6. The molecule has 0 saturated heterocycles. The second-order valence-corrected chi connectivity index (χ2v) is 5.31. The predicted octanol–water partition coefficient (Wildman–Crippen LogP) is 3.43. The van der Waals surface area contributed by atoms with Crippen molar-refractivity contribution in [2.24, 2.45) is 0 Å². The van der Waals surface area contributed by atoms with E-state index in [2.05, 4.69) is 10.1 Å². The number of hydrogen-bond donors (Lipinski definition) is 1. The van der Waals surface area contributed by atoms with Gasteiger partial charge in [-0.3, -0.25) is 4.74 Å². The number of ether oxygens (including phenoxy) is 1. The fourth-order valence-corrected chi connectivity index (χ4v) is 2.44. The zero-order valence-electron chi connectivity index (χ0n) is 11.5. The third kappa shape index (κ3) is 3.77. The number of hydrogen-bond acceptors (Lipinski definition) is 2. The van der Waals surface area contributed by atoms with Crippen LogP contribution in [0.1, 0.15) is 18.4 Å². The largest absolute Gasteiger partial charge is 0.522 e. The van der Waals surface area contributed by atoms with Crippen molar-refractivity contribution in [1.29, 1.82) is 0 Å². The molecular weight excluding hydrogens is 281 g/mol. The van der Waals surface area contributed by atoms with Gasteiger partial charge >= 0.3 is 6.36 Å². The van der Waals surface area contributed by atoms with E-state index in [0.717, 1.165) is 17.4 Å². The first-order valence-corrected chi connectivity index (χ1v) is 7.04. The van der Waals surface area contributed by atoms with Gasteiger partial charge < -0.3 is 9.88 Å². The number of aromatic nitrogens is 1. The molecule has 0 atom stereocenters. The average molecular weight is 298 g/mol. The minimum atomic E-state index is -4.57. The summed E-state index contributed by atoms with van der Waals surface area (Å²) in [6.07, 6.45) is -0.301. The van der Waals surface area contributed by atoms with Gasteiger partial charge in [0.2, 0.25) is 0 Å². The van der Waals surface area contributed by atoms with E-state index in [1.54, 1.807) is 4.57 Å². The lowest BCUT2D eigenvalue weighted by atomic mass is 10.1. The Morgan fingerprint density at radius 2 is 2.05 bits per heavy atom. The molecule has 114 valence electrons. The molecule has 1 aliphatic rings. The number of nitrogens with one attached hydrogen (secondary N) is 1. The van der Waals surface area contributed by atoms with Crippen molar-refractivity contribution in [3.8, 4) is 0 Å². The van der Waals surface area contributed by atoms with E-state index in [1.807, 2.05) is 30.5 Å². The summed E-state index contributed by atoms with van der Waals surface area (Å²) in [5.41, 5.74) is 2.12. The molecule has 3 nitrogen and oxygen atoms in total. The van der Waals surface area contributed by atoms with Crippen molar-refractivity contribution in [2.75, 3.05) is 6.61 Å². The molecule has 1 heterocycles. The van der Waals surface area contributed by atoms with Gasteiger partial charge in [0.05, 0.1) is 6.61 Å². The quantitative estimate of drug-likeness (QED) is 0.884. The lowest BCUT2D eigenvalue weighted by Crippen LogP contribution is -2.17. The smallest absolute Gasteiger partial charge is 0.345 e. The Hall–Kier alpha value is -1.53. The molecule has 0 radical (unpaired) electrons. The van der Waals surface area contributed by atoms with Gasteiger partial charge in [0.1, 0.15) is 0 Å². The standard InChI is InChI=1S/C15H17F3N2O/c16-15(17,18)21-9-8-20-7-6-13-11(2-1-3-14(13)20)10-19-12-4-5-12/h1-3,6-7,12,19H,4-5,8-10H2. The van der Waals surface area contributed by atoms with Crippen molar-refractivity contribution in [3.63, 3.8) is 0 Å². The Bertz CT molecular complexity index is 617. The molecule has 21 heavy (non-hydrogen) atoms. The van der Waals surface area contributed by atoms with E-state index < -0.39 is 6.36 Å². The van der Waals surface area contributed by atoms with Crippen molar-refractivity contribution in [1.82, 2.24) is 9.88 Å². The molecule has 1 fully saturated rings. The van der Waals surface area contributed by atoms with Gasteiger partial charge in [-0.1, -0.05) is 12.1 Å². The summed E-state index contributed by atoms with van der Waals surface area (Å²) in [6, 6.07) is 8.49. The van der Waals surface area contributed by atoms with Crippen LogP contribution >= 0.6 is 0 Å². The van der Waals surface area contributed by atoms with Crippen LogP contribution in [0.15, 0.2) is 30.5 Å². The number of fused-ring (bicyclic) bond motifs is 1. The maximum atomic E-state index is 12.0. The van der Waals surface area contributed by atoms with Crippen molar-refractivity contribution in [3.05, 3.63) is 36.0 Å². The number of halogens is 3. The Morgan fingerprint density at radius 1 is 1.24 bits per heavy atom. The molecule has 1 aromatic carbocycles. The normalized spacial score (nSPS) is 15.8. The van der Waals surface area contributed by atoms with Crippen LogP contribution in [0.5, 0.6) is 0 Å². The summed E-state index contributed by atoms with van der Waals surface area (Å²) in [5, 5.41) is 4.54. The highest BCUT2D eigenvalue weighted by molar-refractivity contribution is 5.83. The lowest BCUT2D eigenvalue weighted by molar-refractivity contribution is -0.325. The van der Waals surface area contributed by atoms with Gasteiger partial charge in [-0.15, -0.1) is 13.2 Å². The summed E-state index contributed by atoms with van der Waals surface area (Å²) in [7, 11) is 0. The highest BCUT2D eigenvalue weighted by atomic mass is 19.4.